The molecule has 3 N–H and O–H groups in total. The Kier molecular flexibility index (Phi) is 5.66. The van der Waals surface area contributed by atoms with Crippen LogP contribution < -0.4 is 16.1 Å². The number of hydrazone groups is 1. The van der Waals surface area contributed by atoms with E-state index in [4.69, 9.17) is 5.73 Å². The smallest absolute Gasteiger partial charge is 0.375 e. The van der Waals surface area contributed by atoms with E-state index >= 15 is 0 Å². The van der Waals surface area contributed by atoms with Gasteiger partial charge in [0, 0.05) is 43.0 Å². The van der Waals surface area contributed by atoms with Crippen LogP contribution in [0.1, 0.15) is 23.1 Å². The van der Waals surface area contributed by atoms with E-state index in [0.717, 1.165) is 32.3 Å². The van der Waals surface area contributed by atoms with Crippen molar-refractivity contribution in [1.82, 2.24) is 10.3 Å². The molecule has 0 aromatic heterocycles. The van der Waals surface area contributed by atoms with Gasteiger partial charge in [-0.25, -0.2) is 0 Å². The Morgan fingerprint density at radius 3 is 2.57 bits per heavy atom. The van der Waals surface area contributed by atoms with Crippen molar-refractivity contribution >= 4 is 29.2 Å². The number of nitrogens with two attached hydrogens (primary N) is 1. The number of hydrogen-bond donors (Lipinski definition) is 2. The van der Waals surface area contributed by atoms with Gasteiger partial charge in [0.05, 0.1) is 11.8 Å². The van der Waals surface area contributed by atoms with Gasteiger partial charge in [-0.05, 0) is 36.3 Å². The molecule has 2 aliphatic heterocycles. The Labute approximate surface area is 178 Å². The largest absolute Gasteiger partial charge is 0.417 e. The van der Waals surface area contributed by atoms with Gasteiger partial charge in [0.25, 0.3) is 0 Å². The summed E-state index contributed by atoms with van der Waals surface area (Å²) in [6.07, 6.45) is -2.43. The Hall–Kier alpha value is -2.65. The van der Waals surface area contributed by atoms with Gasteiger partial charge in [-0.15, -0.1) is 0 Å². The van der Waals surface area contributed by atoms with E-state index in [1.54, 1.807) is 6.07 Å². The lowest BCUT2D eigenvalue weighted by Gasteiger charge is -2.36. The van der Waals surface area contributed by atoms with E-state index in [0.29, 0.717) is 11.7 Å². The van der Waals surface area contributed by atoms with Gasteiger partial charge in [0.15, 0.2) is 5.11 Å². The number of nitrogens with zero attached hydrogens (tertiary/aromatic N) is 3. The molecule has 2 aromatic carbocycles. The van der Waals surface area contributed by atoms with Crippen LogP contribution >= 0.6 is 12.2 Å². The highest BCUT2D eigenvalue weighted by molar-refractivity contribution is 7.80. The quantitative estimate of drug-likeness (QED) is 0.430. The normalized spacial score (nSPS) is 21.5. The lowest BCUT2D eigenvalue weighted by atomic mass is 10.1. The molecule has 2 saturated heterocycles. The number of fused-ring (bicyclic) bond motifs is 2. The minimum Gasteiger partial charge on any atom is -0.375 e. The van der Waals surface area contributed by atoms with Crippen molar-refractivity contribution in [2.24, 2.45) is 10.8 Å². The molecule has 0 unspecified atom stereocenters. The van der Waals surface area contributed by atoms with Gasteiger partial charge in [0.2, 0.25) is 0 Å². The summed E-state index contributed by atoms with van der Waals surface area (Å²) in [5, 5.41) is 3.56. The van der Waals surface area contributed by atoms with E-state index in [-0.39, 0.29) is 16.7 Å². The van der Waals surface area contributed by atoms with Crippen molar-refractivity contribution in [2.45, 2.75) is 31.2 Å². The monoisotopic (exact) mass is 433 g/mol. The number of halogens is 3. The van der Waals surface area contributed by atoms with Crippen LogP contribution in [0.15, 0.2) is 53.6 Å². The Balaban J connectivity index is 1.50. The average molecular weight is 434 g/mol. The standard InChI is InChI=1S/C21H22F3N5S/c22-21(23,24)19-9-16(7-6-15(19)10-26-27-20(25)30)29-13-17-8-18(29)12-28(17)11-14-4-2-1-3-5-14/h1-7,9-10,17-18H,8,11-13H2,(H3,25,27,30)/b26-10+/t17-,18-/m0/s1. The van der Waals surface area contributed by atoms with Crippen LogP contribution in [0.4, 0.5) is 18.9 Å². The molecule has 0 aliphatic carbocycles. The molecule has 2 aromatic rings. The van der Waals surface area contributed by atoms with Gasteiger partial charge < -0.3 is 10.6 Å². The number of benzene rings is 2. The first kappa shape index (κ1) is 20.6. The maximum atomic E-state index is 13.6. The average Bonchev–Trinajstić information content (AvgIpc) is 3.28. The van der Waals surface area contributed by atoms with Crippen molar-refractivity contribution < 1.29 is 13.2 Å². The molecule has 30 heavy (non-hydrogen) atoms. The molecule has 2 aliphatic rings. The number of thiocarbonyl (C=S) groups is 1. The van der Waals surface area contributed by atoms with E-state index in [9.17, 15) is 13.2 Å². The molecular formula is C21H22F3N5S. The fourth-order valence-electron chi connectivity index (χ4n) is 4.32. The van der Waals surface area contributed by atoms with Crippen molar-refractivity contribution in [2.75, 3.05) is 18.0 Å². The molecule has 0 radical (unpaired) electrons. The summed E-state index contributed by atoms with van der Waals surface area (Å²) in [5.74, 6) is 0. The molecule has 158 valence electrons. The summed E-state index contributed by atoms with van der Waals surface area (Å²) in [4.78, 5) is 4.51. The zero-order valence-electron chi connectivity index (χ0n) is 16.1. The number of nitrogens with one attached hydrogen (secondary N) is 1. The molecular weight excluding hydrogens is 411 g/mol. The van der Waals surface area contributed by atoms with Crippen molar-refractivity contribution in [3.63, 3.8) is 0 Å². The Morgan fingerprint density at radius 2 is 1.93 bits per heavy atom. The van der Waals surface area contributed by atoms with E-state index in [1.807, 2.05) is 18.2 Å². The summed E-state index contributed by atoms with van der Waals surface area (Å²) in [6, 6.07) is 15.2. The van der Waals surface area contributed by atoms with Crippen LogP contribution in [-0.4, -0.2) is 41.4 Å². The lowest BCUT2D eigenvalue weighted by Crippen LogP contribution is -2.46. The van der Waals surface area contributed by atoms with Crippen molar-refractivity contribution in [1.29, 1.82) is 0 Å². The fraction of sp³-hybridized carbons (Fsp3) is 0.333. The van der Waals surface area contributed by atoms with Crippen molar-refractivity contribution in [3.8, 4) is 0 Å². The highest BCUT2D eigenvalue weighted by Gasteiger charge is 2.43. The molecule has 9 heteroatoms. The van der Waals surface area contributed by atoms with Crippen LogP contribution in [0.5, 0.6) is 0 Å². The van der Waals surface area contributed by atoms with Crippen LogP contribution in [-0.2, 0) is 12.7 Å². The summed E-state index contributed by atoms with van der Waals surface area (Å²) >= 11 is 4.61. The minimum absolute atomic E-state index is 0.0370. The molecule has 5 nitrogen and oxygen atoms in total. The number of rotatable bonds is 5. The third-order valence-electron chi connectivity index (χ3n) is 5.63. The number of hydrogen-bond acceptors (Lipinski definition) is 4. The molecule has 0 amide bonds. The molecule has 2 heterocycles. The summed E-state index contributed by atoms with van der Waals surface area (Å²) < 4.78 is 40.9. The Morgan fingerprint density at radius 1 is 1.17 bits per heavy atom. The molecule has 2 fully saturated rings. The molecule has 2 bridgehead atoms. The van der Waals surface area contributed by atoms with Crippen LogP contribution in [0.2, 0.25) is 0 Å². The summed E-state index contributed by atoms with van der Waals surface area (Å²) in [6.45, 7) is 2.45. The van der Waals surface area contributed by atoms with Gasteiger partial charge in [-0.1, -0.05) is 36.4 Å². The molecule has 0 saturated carbocycles. The number of likely N-dealkylation sites (tertiary alicyclic amines) is 1. The zero-order valence-corrected chi connectivity index (χ0v) is 17.0. The van der Waals surface area contributed by atoms with Gasteiger partial charge in [0.1, 0.15) is 0 Å². The molecule has 4 rings (SSSR count). The second kappa shape index (κ2) is 8.23. The number of piperazine rings is 1. The van der Waals surface area contributed by atoms with Gasteiger partial charge in [-0.3, -0.25) is 10.3 Å². The third-order valence-corrected chi connectivity index (χ3v) is 5.73. The lowest BCUT2D eigenvalue weighted by molar-refractivity contribution is -0.137. The maximum absolute atomic E-state index is 13.6. The minimum atomic E-state index is -4.49. The predicted octanol–water partition coefficient (Wildman–Crippen LogP) is 3.34. The van der Waals surface area contributed by atoms with Gasteiger partial charge >= 0.3 is 6.18 Å². The van der Waals surface area contributed by atoms with E-state index in [1.165, 1.54) is 17.7 Å². The van der Waals surface area contributed by atoms with Crippen molar-refractivity contribution in [3.05, 3.63) is 65.2 Å². The highest BCUT2D eigenvalue weighted by Crippen LogP contribution is 2.39. The second-order valence-corrected chi connectivity index (χ2v) is 8.05. The molecule has 2 atom stereocenters. The first-order valence-electron chi connectivity index (χ1n) is 9.65. The van der Waals surface area contributed by atoms with E-state index in [2.05, 4.69) is 44.7 Å². The first-order valence-corrected chi connectivity index (χ1v) is 10.1. The van der Waals surface area contributed by atoms with Gasteiger partial charge in [-0.2, -0.15) is 18.3 Å². The Bertz CT molecular complexity index is 947. The maximum Gasteiger partial charge on any atom is 0.417 e. The zero-order chi connectivity index (χ0) is 21.3. The topological polar surface area (TPSA) is 56.9 Å². The third kappa shape index (κ3) is 4.41. The predicted molar refractivity (Wildman–Crippen MR) is 115 cm³/mol. The first-order chi connectivity index (χ1) is 14.3. The highest BCUT2D eigenvalue weighted by atomic mass is 32.1. The van der Waals surface area contributed by atoms with Crippen LogP contribution in [0, 0.1) is 0 Å². The fourth-order valence-corrected chi connectivity index (χ4v) is 4.38. The molecule has 0 spiro atoms. The van der Waals surface area contributed by atoms with Crippen LogP contribution in [0.3, 0.4) is 0 Å². The van der Waals surface area contributed by atoms with E-state index < -0.39 is 11.7 Å². The SMILES string of the molecule is NC(=S)N/N=C/c1ccc(N2C[C@@H]3C[C@H]2CN3Cc2ccccc2)cc1C(F)(F)F. The number of alkyl halides is 3. The summed E-state index contributed by atoms with van der Waals surface area (Å²) in [7, 11) is 0. The second-order valence-electron chi connectivity index (χ2n) is 7.61. The van der Waals surface area contributed by atoms with Crippen LogP contribution in [0.25, 0.3) is 0 Å². The summed E-state index contributed by atoms with van der Waals surface area (Å²) in [5.41, 5.74) is 8.62. The number of anilines is 1.